The Bertz CT molecular complexity index is 496. The lowest BCUT2D eigenvalue weighted by molar-refractivity contribution is 0.307. The lowest BCUT2D eigenvalue weighted by atomic mass is 10.1. The second-order valence-corrected chi connectivity index (χ2v) is 5.26. The zero-order valence-electron chi connectivity index (χ0n) is 9.16. The normalized spacial score (nSPS) is 10.4. The number of ether oxygens (including phenoxy) is 1. The van der Waals surface area contributed by atoms with E-state index in [-0.39, 0.29) is 0 Å². The van der Waals surface area contributed by atoms with Crippen LogP contribution >= 0.6 is 22.9 Å². The molecule has 84 valence electrons. The largest absolute Gasteiger partial charge is 0.488 e. The number of halogens is 1. The molecule has 0 spiro atoms. The standard InChI is InChI=1S/C12H12ClNOS/c1-8-4-3-5-11(9(8)2)15-7-10-6-14-12(13)16-10/h3-6H,7H2,1-2H3. The van der Waals surface area contributed by atoms with Gasteiger partial charge < -0.3 is 4.74 Å². The number of hydrogen-bond donors (Lipinski definition) is 0. The van der Waals surface area contributed by atoms with Crippen LogP contribution in [0.1, 0.15) is 16.0 Å². The molecule has 4 heteroatoms. The van der Waals surface area contributed by atoms with Crippen molar-refractivity contribution in [2.24, 2.45) is 0 Å². The third-order valence-electron chi connectivity index (χ3n) is 2.45. The van der Waals surface area contributed by atoms with Crippen LogP contribution in [0, 0.1) is 13.8 Å². The molecule has 1 aromatic heterocycles. The third kappa shape index (κ3) is 2.54. The minimum Gasteiger partial charge on any atom is -0.488 e. The molecule has 0 fully saturated rings. The molecule has 2 rings (SSSR count). The molecule has 0 bridgehead atoms. The van der Waals surface area contributed by atoms with Gasteiger partial charge in [0, 0.05) is 6.20 Å². The lowest BCUT2D eigenvalue weighted by Gasteiger charge is -2.09. The minimum atomic E-state index is 0.523. The van der Waals surface area contributed by atoms with E-state index in [1.165, 1.54) is 22.5 Å². The summed E-state index contributed by atoms with van der Waals surface area (Å²) in [6.07, 6.45) is 1.75. The summed E-state index contributed by atoms with van der Waals surface area (Å²) in [5.41, 5.74) is 2.41. The van der Waals surface area contributed by atoms with Crippen molar-refractivity contribution in [2.75, 3.05) is 0 Å². The second-order valence-electron chi connectivity index (χ2n) is 3.57. The molecular weight excluding hydrogens is 242 g/mol. The SMILES string of the molecule is Cc1cccc(OCc2cnc(Cl)s2)c1C. The first-order valence-electron chi connectivity index (χ1n) is 4.96. The van der Waals surface area contributed by atoms with E-state index < -0.39 is 0 Å². The molecule has 0 atom stereocenters. The maximum absolute atomic E-state index is 5.75. The predicted octanol–water partition coefficient (Wildman–Crippen LogP) is 3.99. The fourth-order valence-corrected chi connectivity index (χ4v) is 2.27. The van der Waals surface area contributed by atoms with E-state index in [9.17, 15) is 0 Å². The van der Waals surface area contributed by atoms with Gasteiger partial charge in [-0.25, -0.2) is 4.98 Å². The van der Waals surface area contributed by atoms with Crippen LogP contribution in [0.25, 0.3) is 0 Å². The average molecular weight is 254 g/mol. The zero-order valence-corrected chi connectivity index (χ0v) is 10.7. The van der Waals surface area contributed by atoms with Gasteiger partial charge >= 0.3 is 0 Å². The summed E-state index contributed by atoms with van der Waals surface area (Å²) in [7, 11) is 0. The fourth-order valence-electron chi connectivity index (χ4n) is 1.38. The van der Waals surface area contributed by atoms with Crippen molar-refractivity contribution in [3.05, 3.63) is 44.9 Å². The molecule has 0 saturated heterocycles. The Labute approximate surface area is 104 Å². The lowest BCUT2D eigenvalue weighted by Crippen LogP contribution is -1.95. The van der Waals surface area contributed by atoms with E-state index in [4.69, 9.17) is 16.3 Å². The van der Waals surface area contributed by atoms with E-state index >= 15 is 0 Å². The smallest absolute Gasteiger partial charge is 0.183 e. The number of nitrogens with zero attached hydrogens (tertiary/aromatic N) is 1. The van der Waals surface area contributed by atoms with Crippen LogP contribution in [0.2, 0.25) is 4.47 Å². The Morgan fingerprint density at radius 3 is 2.88 bits per heavy atom. The van der Waals surface area contributed by atoms with Crippen LogP contribution in [0.5, 0.6) is 5.75 Å². The molecule has 0 aliphatic carbocycles. The van der Waals surface area contributed by atoms with Crippen molar-refractivity contribution in [3.63, 3.8) is 0 Å². The molecule has 0 radical (unpaired) electrons. The number of aromatic nitrogens is 1. The Morgan fingerprint density at radius 2 is 2.19 bits per heavy atom. The van der Waals surface area contributed by atoms with Crippen LogP contribution in [-0.4, -0.2) is 4.98 Å². The summed E-state index contributed by atoms with van der Waals surface area (Å²) in [5.74, 6) is 0.921. The zero-order chi connectivity index (χ0) is 11.5. The molecule has 0 aliphatic rings. The molecule has 0 N–H and O–H groups in total. The Kier molecular flexibility index (Phi) is 3.46. The molecule has 1 heterocycles. The van der Waals surface area contributed by atoms with E-state index in [0.29, 0.717) is 11.1 Å². The highest BCUT2D eigenvalue weighted by molar-refractivity contribution is 7.15. The predicted molar refractivity (Wildman–Crippen MR) is 67.4 cm³/mol. The van der Waals surface area contributed by atoms with Gasteiger partial charge in [0.2, 0.25) is 0 Å². The number of aryl methyl sites for hydroxylation is 1. The summed E-state index contributed by atoms with van der Waals surface area (Å²) >= 11 is 7.20. The van der Waals surface area contributed by atoms with Crippen molar-refractivity contribution >= 4 is 22.9 Å². The van der Waals surface area contributed by atoms with Gasteiger partial charge in [0.05, 0.1) is 4.88 Å². The summed E-state index contributed by atoms with van der Waals surface area (Å²) in [5, 5.41) is 0. The highest BCUT2D eigenvalue weighted by Crippen LogP contribution is 2.23. The number of thiazole rings is 1. The van der Waals surface area contributed by atoms with Gasteiger partial charge in [-0.2, -0.15) is 0 Å². The fraction of sp³-hybridized carbons (Fsp3) is 0.250. The van der Waals surface area contributed by atoms with Gasteiger partial charge in [-0.3, -0.25) is 0 Å². The maximum atomic E-state index is 5.75. The number of rotatable bonds is 3. The van der Waals surface area contributed by atoms with Crippen molar-refractivity contribution in [1.29, 1.82) is 0 Å². The molecule has 0 amide bonds. The second kappa shape index (κ2) is 4.85. The molecular formula is C12H12ClNOS. The van der Waals surface area contributed by atoms with Crippen LogP contribution in [0.4, 0.5) is 0 Å². The Morgan fingerprint density at radius 1 is 1.38 bits per heavy atom. The van der Waals surface area contributed by atoms with Crippen molar-refractivity contribution < 1.29 is 4.74 Å². The van der Waals surface area contributed by atoms with Crippen molar-refractivity contribution in [3.8, 4) is 5.75 Å². The summed E-state index contributed by atoms with van der Waals surface area (Å²) < 4.78 is 6.28. The van der Waals surface area contributed by atoms with E-state index in [1.807, 2.05) is 12.1 Å². The Balaban J connectivity index is 2.07. The molecule has 2 aromatic rings. The van der Waals surface area contributed by atoms with Gasteiger partial charge in [0.1, 0.15) is 12.4 Å². The highest BCUT2D eigenvalue weighted by atomic mass is 35.5. The summed E-state index contributed by atoms with van der Waals surface area (Å²) in [6.45, 7) is 4.66. The summed E-state index contributed by atoms with van der Waals surface area (Å²) in [6, 6.07) is 6.05. The van der Waals surface area contributed by atoms with Crippen molar-refractivity contribution in [2.45, 2.75) is 20.5 Å². The van der Waals surface area contributed by atoms with Gasteiger partial charge in [0.15, 0.2) is 4.47 Å². The number of benzene rings is 1. The van der Waals surface area contributed by atoms with Crippen LogP contribution in [-0.2, 0) is 6.61 Å². The molecule has 16 heavy (non-hydrogen) atoms. The van der Waals surface area contributed by atoms with Gasteiger partial charge in [-0.15, -0.1) is 11.3 Å². The average Bonchev–Trinajstić information content (AvgIpc) is 2.67. The maximum Gasteiger partial charge on any atom is 0.183 e. The third-order valence-corrected chi connectivity index (χ3v) is 3.54. The minimum absolute atomic E-state index is 0.523. The van der Waals surface area contributed by atoms with Crippen LogP contribution < -0.4 is 4.74 Å². The van der Waals surface area contributed by atoms with Crippen LogP contribution in [0.15, 0.2) is 24.4 Å². The van der Waals surface area contributed by atoms with E-state index in [0.717, 1.165) is 10.6 Å². The van der Waals surface area contributed by atoms with Crippen molar-refractivity contribution in [1.82, 2.24) is 4.98 Å². The monoisotopic (exact) mass is 253 g/mol. The summed E-state index contributed by atoms with van der Waals surface area (Å²) in [4.78, 5) is 5.01. The van der Waals surface area contributed by atoms with E-state index in [1.54, 1.807) is 6.20 Å². The number of hydrogen-bond acceptors (Lipinski definition) is 3. The topological polar surface area (TPSA) is 22.1 Å². The molecule has 2 nitrogen and oxygen atoms in total. The van der Waals surface area contributed by atoms with Gasteiger partial charge in [0.25, 0.3) is 0 Å². The van der Waals surface area contributed by atoms with Crippen LogP contribution in [0.3, 0.4) is 0 Å². The molecule has 0 unspecified atom stereocenters. The quantitative estimate of drug-likeness (QED) is 0.825. The van der Waals surface area contributed by atoms with Gasteiger partial charge in [-0.05, 0) is 31.0 Å². The first kappa shape index (κ1) is 11.4. The van der Waals surface area contributed by atoms with Gasteiger partial charge in [-0.1, -0.05) is 23.7 Å². The molecule has 1 aromatic carbocycles. The Hall–Kier alpha value is -1.06. The van der Waals surface area contributed by atoms with E-state index in [2.05, 4.69) is 24.9 Å². The first-order chi connectivity index (χ1) is 7.66. The molecule has 0 saturated carbocycles. The highest BCUT2D eigenvalue weighted by Gasteiger charge is 2.04. The first-order valence-corrected chi connectivity index (χ1v) is 6.15. The molecule has 0 aliphatic heterocycles.